The number of ether oxygens (including phenoxy) is 1. The van der Waals surface area contributed by atoms with E-state index in [9.17, 15) is 4.79 Å². The van der Waals surface area contributed by atoms with E-state index in [1.807, 2.05) is 13.8 Å². The molecule has 106 valence electrons. The number of carbonyl (C=O) groups is 1. The van der Waals surface area contributed by atoms with Crippen LogP contribution in [0.25, 0.3) is 0 Å². The summed E-state index contributed by atoms with van der Waals surface area (Å²) in [5.74, 6) is 0.606. The van der Waals surface area contributed by atoms with E-state index in [4.69, 9.17) is 16.3 Å². The van der Waals surface area contributed by atoms with Gasteiger partial charge in [0, 0.05) is 5.56 Å². The van der Waals surface area contributed by atoms with Crippen molar-refractivity contribution < 1.29 is 9.53 Å². The fourth-order valence-electron chi connectivity index (χ4n) is 2.31. The highest BCUT2D eigenvalue weighted by atomic mass is 35.5. The zero-order valence-corrected chi connectivity index (χ0v) is 13.0. The molecule has 0 aliphatic rings. The zero-order chi connectivity index (χ0) is 14.6. The van der Waals surface area contributed by atoms with Gasteiger partial charge in [0.25, 0.3) is 0 Å². The normalized spacial score (nSPS) is 11.7. The molecule has 0 amide bonds. The van der Waals surface area contributed by atoms with Crippen molar-refractivity contribution in [3.05, 3.63) is 28.8 Å². The number of halogens is 1. The van der Waals surface area contributed by atoms with Gasteiger partial charge in [-0.2, -0.15) is 0 Å². The van der Waals surface area contributed by atoms with Crippen molar-refractivity contribution in [2.24, 2.45) is 0 Å². The summed E-state index contributed by atoms with van der Waals surface area (Å²) < 4.78 is 5.16. The van der Waals surface area contributed by atoms with Gasteiger partial charge in [-0.3, -0.25) is 9.69 Å². The Morgan fingerprint density at radius 1 is 1.32 bits per heavy atom. The molecule has 0 saturated heterocycles. The number of rotatable bonds is 6. The largest absolute Gasteiger partial charge is 0.495 e. The van der Waals surface area contributed by atoms with Crippen molar-refractivity contribution in [1.29, 1.82) is 0 Å². The van der Waals surface area contributed by atoms with Gasteiger partial charge in [-0.25, -0.2) is 0 Å². The molecule has 0 aliphatic carbocycles. The molecule has 0 fully saturated rings. The van der Waals surface area contributed by atoms with Crippen LogP contribution in [-0.2, 0) is 0 Å². The van der Waals surface area contributed by atoms with Crippen LogP contribution in [0.5, 0.6) is 5.75 Å². The number of benzene rings is 1. The molecule has 0 aliphatic heterocycles. The van der Waals surface area contributed by atoms with Crippen LogP contribution >= 0.6 is 11.6 Å². The molecule has 4 heteroatoms. The average Bonchev–Trinajstić information content (AvgIpc) is 2.39. The Bertz CT molecular complexity index is 453. The summed E-state index contributed by atoms with van der Waals surface area (Å²) >= 11 is 5.99. The number of ketones is 1. The van der Waals surface area contributed by atoms with Crippen LogP contribution < -0.4 is 4.74 Å². The first-order valence-electron chi connectivity index (χ1n) is 6.51. The molecule has 1 aromatic rings. The minimum Gasteiger partial charge on any atom is -0.495 e. The second kappa shape index (κ2) is 6.40. The van der Waals surface area contributed by atoms with Crippen LogP contribution in [0.3, 0.4) is 0 Å². The molecule has 0 aromatic heterocycles. The fraction of sp³-hybridized carbons (Fsp3) is 0.533. The molecule has 0 atom stereocenters. The topological polar surface area (TPSA) is 29.5 Å². The second-order valence-corrected chi connectivity index (χ2v) is 5.32. The van der Waals surface area contributed by atoms with E-state index in [1.54, 1.807) is 25.3 Å². The predicted octanol–water partition coefficient (Wildman–Crippen LogP) is 3.65. The summed E-state index contributed by atoms with van der Waals surface area (Å²) in [6.45, 7) is 9.68. The van der Waals surface area contributed by atoms with Gasteiger partial charge < -0.3 is 4.74 Å². The lowest BCUT2D eigenvalue weighted by molar-refractivity contribution is 0.0668. The Labute approximate surface area is 120 Å². The van der Waals surface area contributed by atoms with Gasteiger partial charge in [0.2, 0.25) is 0 Å². The molecule has 0 radical (unpaired) electrons. The zero-order valence-electron chi connectivity index (χ0n) is 12.3. The van der Waals surface area contributed by atoms with Gasteiger partial charge >= 0.3 is 0 Å². The maximum Gasteiger partial charge on any atom is 0.182 e. The van der Waals surface area contributed by atoms with E-state index in [-0.39, 0.29) is 5.78 Å². The molecule has 3 nitrogen and oxygen atoms in total. The molecule has 0 bridgehead atoms. The summed E-state index contributed by atoms with van der Waals surface area (Å²) in [4.78, 5) is 14.8. The molecule has 19 heavy (non-hydrogen) atoms. The Morgan fingerprint density at radius 3 is 2.37 bits per heavy atom. The monoisotopic (exact) mass is 283 g/mol. The van der Waals surface area contributed by atoms with Crippen molar-refractivity contribution >= 4 is 17.4 Å². The summed E-state index contributed by atoms with van der Waals surface area (Å²) in [7, 11) is 1.55. The summed E-state index contributed by atoms with van der Waals surface area (Å²) in [5, 5.41) is 0.514. The van der Waals surface area contributed by atoms with Gasteiger partial charge in [0.1, 0.15) is 5.75 Å². The first-order chi connectivity index (χ1) is 8.88. The van der Waals surface area contributed by atoms with Gasteiger partial charge in [-0.15, -0.1) is 0 Å². The molecular formula is C15H22ClNO2. The highest BCUT2D eigenvalue weighted by Crippen LogP contribution is 2.28. The summed E-state index contributed by atoms with van der Waals surface area (Å²) in [5.41, 5.74) is 0.0839. The first kappa shape index (κ1) is 16.0. The number of methoxy groups -OCH3 is 1. The van der Waals surface area contributed by atoms with Crippen LogP contribution in [-0.4, -0.2) is 36.4 Å². The van der Waals surface area contributed by atoms with Gasteiger partial charge in [0.15, 0.2) is 5.78 Å². The molecule has 0 saturated carbocycles. The summed E-state index contributed by atoms with van der Waals surface area (Å²) in [6.07, 6.45) is 0. The lowest BCUT2D eigenvalue weighted by Crippen LogP contribution is -2.49. The molecule has 1 rings (SSSR count). The van der Waals surface area contributed by atoms with Crippen LogP contribution in [0.2, 0.25) is 5.02 Å². The predicted molar refractivity (Wildman–Crippen MR) is 79.3 cm³/mol. The van der Waals surface area contributed by atoms with E-state index < -0.39 is 5.54 Å². The molecule has 0 unspecified atom stereocenters. The van der Waals surface area contributed by atoms with Crippen molar-refractivity contribution in [1.82, 2.24) is 4.90 Å². The number of likely N-dealkylation sites (N-methyl/N-ethyl adjacent to an activating group) is 1. The third-order valence-corrected chi connectivity index (χ3v) is 3.84. The van der Waals surface area contributed by atoms with E-state index >= 15 is 0 Å². The molecule has 0 N–H and O–H groups in total. The van der Waals surface area contributed by atoms with Crippen molar-refractivity contribution in [2.75, 3.05) is 20.2 Å². The molecule has 0 spiro atoms. The lowest BCUT2D eigenvalue weighted by Gasteiger charge is -2.35. The first-order valence-corrected chi connectivity index (χ1v) is 6.89. The third-order valence-electron chi connectivity index (χ3n) is 3.52. The van der Waals surface area contributed by atoms with E-state index in [0.29, 0.717) is 16.3 Å². The fourth-order valence-corrected chi connectivity index (χ4v) is 2.51. The minimum absolute atomic E-state index is 0.0752. The van der Waals surface area contributed by atoms with Gasteiger partial charge in [-0.1, -0.05) is 25.4 Å². The molecule has 0 heterocycles. The highest BCUT2D eigenvalue weighted by Gasteiger charge is 2.33. The van der Waals surface area contributed by atoms with E-state index in [1.165, 1.54) is 0 Å². The maximum absolute atomic E-state index is 12.7. The van der Waals surface area contributed by atoms with Crippen molar-refractivity contribution in [2.45, 2.75) is 33.2 Å². The number of hydrogen-bond donors (Lipinski definition) is 0. The molecule has 1 aromatic carbocycles. The smallest absolute Gasteiger partial charge is 0.182 e. The number of Topliss-reactive ketones (excluding diaryl/α,β-unsaturated/α-hetero) is 1. The Kier molecular flexibility index (Phi) is 5.39. The van der Waals surface area contributed by atoms with E-state index in [2.05, 4.69) is 18.7 Å². The Balaban J connectivity index is 3.12. The summed E-state index contributed by atoms with van der Waals surface area (Å²) in [6, 6.07) is 5.15. The Hall–Kier alpha value is -1.06. The van der Waals surface area contributed by atoms with E-state index in [0.717, 1.165) is 13.1 Å². The van der Waals surface area contributed by atoms with Crippen LogP contribution in [0, 0.1) is 0 Å². The number of carbonyl (C=O) groups excluding carboxylic acids is 1. The van der Waals surface area contributed by atoms with Crippen molar-refractivity contribution in [3.8, 4) is 5.75 Å². The van der Waals surface area contributed by atoms with Gasteiger partial charge in [0.05, 0.1) is 17.7 Å². The highest BCUT2D eigenvalue weighted by molar-refractivity contribution is 6.32. The lowest BCUT2D eigenvalue weighted by atomic mass is 9.91. The van der Waals surface area contributed by atoms with Crippen LogP contribution in [0.15, 0.2) is 18.2 Å². The maximum atomic E-state index is 12.7. The molecular weight excluding hydrogens is 262 g/mol. The minimum atomic E-state index is -0.539. The number of nitrogens with zero attached hydrogens (tertiary/aromatic N) is 1. The quantitative estimate of drug-likeness (QED) is 0.747. The second-order valence-electron chi connectivity index (χ2n) is 4.91. The van der Waals surface area contributed by atoms with Crippen molar-refractivity contribution in [3.63, 3.8) is 0 Å². The van der Waals surface area contributed by atoms with Crippen LogP contribution in [0.1, 0.15) is 38.1 Å². The number of hydrogen-bond acceptors (Lipinski definition) is 3. The average molecular weight is 284 g/mol. The Morgan fingerprint density at radius 2 is 1.89 bits per heavy atom. The standard InChI is InChI=1S/C15H22ClNO2/c1-6-17(7-2)15(3,4)14(18)11-8-9-12(16)13(10-11)19-5/h8-10H,6-7H2,1-5H3. The van der Waals surface area contributed by atoms with Crippen LogP contribution in [0.4, 0.5) is 0 Å². The van der Waals surface area contributed by atoms with Gasteiger partial charge in [-0.05, 0) is 45.1 Å². The SMILES string of the molecule is CCN(CC)C(C)(C)C(=O)c1ccc(Cl)c(OC)c1. The third kappa shape index (κ3) is 3.28.